The van der Waals surface area contributed by atoms with Crippen LogP contribution in [-0.4, -0.2) is 31.1 Å². The van der Waals surface area contributed by atoms with Gasteiger partial charge in [0.2, 0.25) is 0 Å². The number of carbonyl (C=O) groups excluding carboxylic acids is 1. The van der Waals surface area contributed by atoms with Gasteiger partial charge in [0.1, 0.15) is 6.10 Å². The Kier molecular flexibility index (Phi) is 3.79. The summed E-state index contributed by atoms with van der Waals surface area (Å²) in [6.07, 6.45) is -1.26. The summed E-state index contributed by atoms with van der Waals surface area (Å²) in [5.41, 5.74) is 0. The minimum absolute atomic E-state index is 0.185. The highest BCUT2D eigenvalue weighted by Gasteiger charge is 2.05. The minimum Gasteiger partial charge on any atom is -0.438 e. The summed E-state index contributed by atoms with van der Waals surface area (Å²) >= 11 is 0. The quantitative estimate of drug-likeness (QED) is 0.546. The molecule has 0 saturated carbocycles. The van der Waals surface area contributed by atoms with Crippen molar-refractivity contribution in [1.82, 2.24) is 0 Å². The molecule has 0 aromatic rings. The van der Waals surface area contributed by atoms with Gasteiger partial charge in [-0.1, -0.05) is 0 Å². The third-order valence-corrected chi connectivity index (χ3v) is 0.721. The summed E-state index contributed by atoms with van der Waals surface area (Å²) < 4.78 is 8.59. The van der Waals surface area contributed by atoms with E-state index in [1.165, 1.54) is 7.11 Å². The molecule has 0 amide bonds. The summed E-state index contributed by atoms with van der Waals surface area (Å²) in [5, 5.41) is 8.35. The van der Waals surface area contributed by atoms with Gasteiger partial charge < -0.3 is 14.6 Å². The molecule has 9 heavy (non-hydrogen) atoms. The maximum atomic E-state index is 10.2. The number of hydrogen-bond acceptors (Lipinski definition) is 4. The van der Waals surface area contributed by atoms with E-state index in [0.717, 1.165) is 0 Å². The highest BCUT2D eigenvalue weighted by Crippen LogP contribution is 1.90. The first-order valence-corrected chi connectivity index (χ1v) is 2.56. The van der Waals surface area contributed by atoms with Gasteiger partial charge in [0.25, 0.3) is 0 Å². The number of carbonyl (C=O) groups is 1. The summed E-state index contributed by atoms with van der Waals surface area (Å²) in [6.45, 7) is 1.38. The van der Waals surface area contributed by atoms with Crippen molar-refractivity contribution in [2.24, 2.45) is 0 Å². The molecular formula is C5H10O4. The summed E-state index contributed by atoms with van der Waals surface area (Å²) in [4.78, 5) is 10.2. The van der Waals surface area contributed by atoms with Crippen LogP contribution in [0.25, 0.3) is 0 Å². The number of aliphatic hydroxyl groups excluding tert-OH is 1. The molecule has 0 aliphatic carbocycles. The van der Waals surface area contributed by atoms with E-state index >= 15 is 0 Å². The van der Waals surface area contributed by atoms with Crippen LogP contribution in [0.4, 0.5) is 4.79 Å². The molecule has 54 valence electrons. The van der Waals surface area contributed by atoms with Crippen LogP contribution >= 0.6 is 0 Å². The second-order valence-electron chi connectivity index (χ2n) is 1.57. The molecule has 0 aliphatic heterocycles. The van der Waals surface area contributed by atoms with Crippen LogP contribution in [0.3, 0.4) is 0 Å². The van der Waals surface area contributed by atoms with Crippen LogP contribution in [0.1, 0.15) is 6.92 Å². The Balaban J connectivity index is 3.34. The lowest BCUT2D eigenvalue weighted by molar-refractivity contribution is 0.0210. The van der Waals surface area contributed by atoms with E-state index in [0.29, 0.717) is 0 Å². The Morgan fingerprint density at radius 1 is 1.78 bits per heavy atom. The van der Waals surface area contributed by atoms with Gasteiger partial charge in [0, 0.05) is 0 Å². The van der Waals surface area contributed by atoms with E-state index in [1.807, 2.05) is 0 Å². The summed E-state index contributed by atoms with van der Waals surface area (Å²) in [6, 6.07) is 0. The molecule has 0 rings (SSSR count). The lowest BCUT2D eigenvalue weighted by Gasteiger charge is -2.07. The van der Waals surface area contributed by atoms with Gasteiger partial charge in [-0.15, -0.1) is 0 Å². The highest BCUT2D eigenvalue weighted by molar-refractivity contribution is 5.59. The smallest absolute Gasteiger partial charge is 0.438 e. The Bertz CT molecular complexity index is 91.0. The fourth-order valence-electron chi connectivity index (χ4n) is 0.250. The molecule has 0 fully saturated rings. The molecule has 1 atom stereocenters. The molecule has 0 heterocycles. The van der Waals surface area contributed by atoms with Crippen molar-refractivity contribution < 1.29 is 19.4 Å². The average Bonchev–Trinajstić information content (AvgIpc) is 1.87. The highest BCUT2D eigenvalue weighted by atomic mass is 16.7. The van der Waals surface area contributed by atoms with Gasteiger partial charge in [0.05, 0.1) is 13.7 Å². The van der Waals surface area contributed by atoms with Crippen molar-refractivity contribution in [3.63, 3.8) is 0 Å². The molecule has 0 aromatic carbocycles. The maximum Gasteiger partial charge on any atom is 0.508 e. The monoisotopic (exact) mass is 134 g/mol. The fourth-order valence-corrected chi connectivity index (χ4v) is 0.250. The average molecular weight is 134 g/mol. The Hall–Kier alpha value is -0.770. The van der Waals surface area contributed by atoms with Gasteiger partial charge in [-0.3, -0.25) is 0 Å². The molecule has 0 aliphatic rings. The van der Waals surface area contributed by atoms with Crippen molar-refractivity contribution in [2.45, 2.75) is 13.0 Å². The van der Waals surface area contributed by atoms with E-state index in [-0.39, 0.29) is 6.61 Å². The van der Waals surface area contributed by atoms with Gasteiger partial charge in [-0.05, 0) is 6.92 Å². The molecule has 1 unspecified atom stereocenters. The van der Waals surface area contributed by atoms with E-state index in [9.17, 15) is 4.79 Å². The van der Waals surface area contributed by atoms with Crippen LogP contribution in [0.15, 0.2) is 0 Å². The van der Waals surface area contributed by atoms with Gasteiger partial charge in [0.15, 0.2) is 0 Å². The van der Waals surface area contributed by atoms with Crippen molar-refractivity contribution >= 4 is 6.16 Å². The van der Waals surface area contributed by atoms with Crippen LogP contribution in [0, 0.1) is 0 Å². The second kappa shape index (κ2) is 4.14. The Morgan fingerprint density at radius 3 is 2.67 bits per heavy atom. The molecule has 1 N–H and O–H groups in total. The van der Waals surface area contributed by atoms with Crippen LogP contribution < -0.4 is 0 Å². The largest absolute Gasteiger partial charge is 0.508 e. The predicted octanol–water partition coefficient (Wildman–Crippen LogP) is 0.150. The van der Waals surface area contributed by atoms with Gasteiger partial charge >= 0.3 is 6.16 Å². The summed E-state index contributed by atoms with van der Waals surface area (Å²) in [5.74, 6) is 0. The molecular weight excluding hydrogens is 124 g/mol. The zero-order valence-corrected chi connectivity index (χ0v) is 5.46. The molecule has 0 saturated heterocycles. The van der Waals surface area contributed by atoms with Crippen molar-refractivity contribution in [1.29, 1.82) is 0 Å². The van der Waals surface area contributed by atoms with Crippen molar-refractivity contribution in [3.8, 4) is 0 Å². The van der Waals surface area contributed by atoms with E-state index < -0.39 is 12.3 Å². The predicted molar refractivity (Wildman–Crippen MR) is 30.0 cm³/mol. The van der Waals surface area contributed by atoms with Gasteiger partial charge in [-0.25, -0.2) is 4.79 Å². The zero-order valence-electron chi connectivity index (χ0n) is 5.46. The third kappa shape index (κ3) is 3.78. The number of aliphatic hydroxyl groups is 1. The first kappa shape index (κ1) is 8.23. The van der Waals surface area contributed by atoms with E-state index in [1.54, 1.807) is 6.92 Å². The topological polar surface area (TPSA) is 55.8 Å². The number of ether oxygens (including phenoxy) is 2. The molecule has 0 bridgehead atoms. The van der Waals surface area contributed by atoms with Crippen molar-refractivity contribution in [3.05, 3.63) is 0 Å². The standard InChI is InChI=1S/C5H10O4/c1-4(3-6)9-5(7)8-2/h4,6H,3H2,1-2H3. The van der Waals surface area contributed by atoms with E-state index in [2.05, 4.69) is 9.47 Å². The number of rotatable bonds is 2. The van der Waals surface area contributed by atoms with Crippen molar-refractivity contribution in [2.75, 3.05) is 13.7 Å². The normalized spacial score (nSPS) is 12.3. The Morgan fingerprint density at radius 2 is 2.33 bits per heavy atom. The minimum atomic E-state index is -0.767. The number of methoxy groups -OCH3 is 1. The lowest BCUT2D eigenvalue weighted by Crippen LogP contribution is -2.17. The van der Waals surface area contributed by atoms with Crippen LogP contribution in [0.5, 0.6) is 0 Å². The first-order chi connectivity index (χ1) is 4.20. The first-order valence-electron chi connectivity index (χ1n) is 2.56. The number of hydrogen-bond donors (Lipinski definition) is 1. The fraction of sp³-hybridized carbons (Fsp3) is 0.800. The molecule has 0 radical (unpaired) electrons. The molecule has 0 spiro atoms. The Labute approximate surface area is 53.4 Å². The van der Waals surface area contributed by atoms with Crippen LogP contribution in [-0.2, 0) is 9.47 Å². The molecule has 4 nitrogen and oxygen atoms in total. The molecule has 4 heteroatoms. The molecule has 0 aromatic heterocycles. The lowest BCUT2D eigenvalue weighted by atomic mass is 10.4. The zero-order chi connectivity index (χ0) is 7.28. The second-order valence-corrected chi connectivity index (χ2v) is 1.57. The maximum absolute atomic E-state index is 10.2. The SMILES string of the molecule is COC(=O)OC(C)CO. The van der Waals surface area contributed by atoms with Gasteiger partial charge in [-0.2, -0.15) is 0 Å². The third-order valence-electron chi connectivity index (χ3n) is 0.721. The van der Waals surface area contributed by atoms with E-state index in [4.69, 9.17) is 5.11 Å². The summed E-state index contributed by atoms with van der Waals surface area (Å²) in [7, 11) is 1.21. The van der Waals surface area contributed by atoms with Crippen LogP contribution in [0.2, 0.25) is 0 Å².